The van der Waals surface area contributed by atoms with Crippen LogP contribution in [0.5, 0.6) is 11.5 Å². The van der Waals surface area contributed by atoms with Crippen LogP contribution in [0.25, 0.3) is 0 Å². The van der Waals surface area contributed by atoms with E-state index < -0.39 is 0 Å². The van der Waals surface area contributed by atoms with Crippen molar-refractivity contribution in [1.82, 2.24) is 9.80 Å². The highest BCUT2D eigenvalue weighted by Crippen LogP contribution is 2.60. The Bertz CT molecular complexity index is 1170. The van der Waals surface area contributed by atoms with E-state index in [0.717, 1.165) is 31.2 Å². The summed E-state index contributed by atoms with van der Waals surface area (Å²) in [7, 11) is 4.95. The Morgan fingerprint density at radius 3 is 2.20 bits per heavy atom. The minimum absolute atomic E-state index is 0.00812. The Morgan fingerprint density at radius 2 is 1.61 bits per heavy atom. The number of hydrogen-bond acceptors (Lipinski definition) is 6. The number of amides is 2. The Labute approximate surface area is 249 Å². The van der Waals surface area contributed by atoms with Gasteiger partial charge in [-0.25, -0.2) is 0 Å². The SMILES string of the molecule is COCCCN(CC(=O)N(CCc1ccc(OC)c(OC)c1)Cc1sccc1C)C(=O)C12CC3CC(CC(C3)C1)C2. The van der Waals surface area contributed by atoms with E-state index in [4.69, 9.17) is 14.2 Å². The summed E-state index contributed by atoms with van der Waals surface area (Å²) in [5.41, 5.74) is 2.00. The molecule has 0 unspecified atom stereocenters. The zero-order valence-electron chi connectivity index (χ0n) is 25.2. The van der Waals surface area contributed by atoms with Crippen molar-refractivity contribution in [2.45, 2.75) is 64.8 Å². The van der Waals surface area contributed by atoms with Crippen molar-refractivity contribution in [3.8, 4) is 11.5 Å². The summed E-state index contributed by atoms with van der Waals surface area (Å²) in [5.74, 6) is 3.64. The average molecular weight is 583 g/mol. The third-order valence-electron chi connectivity index (χ3n) is 9.66. The minimum atomic E-state index is -0.267. The molecule has 0 N–H and O–H groups in total. The molecule has 0 spiro atoms. The van der Waals surface area contributed by atoms with Crippen molar-refractivity contribution in [2.75, 3.05) is 47.6 Å². The van der Waals surface area contributed by atoms with E-state index in [1.807, 2.05) is 28.0 Å². The molecule has 1 aromatic heterocycles. The number of methoxy groups -OCH3 is 3. The van der Waals surface area contributed by atoms with Gasteiger partial charge in [0.15, 0.2) is 11.5 Å². The standard InChI is InChI=1S/C33H46N2O5S/c1-23-9-13-41-30(23)21-34(11-8-24-6-7-28(39-3)29(17-24)40-4)31(36)22-35(10-5-12-38-2)32(37)33-18-25-14-26(19-33)16-27(15-25)20-33/h6-7,9,13,17,25-27H,5,8,10-12,14-16,18-22H2,1-4H3. The molecule has 0 aliphatic heterocycles. The van der Waals surface area contributed by atoms with Gasteiger partial charge in [0.1, 0.15) is 0 Å². The van der Waals surface area contributed by atoms with Crippen molar-refractivity contribution < 1.29 is 23.8 Å². The van der Waals surface area contributed by atoms with Crippen LogP contribution < -0.4 is 9.47 Å². The lowest BCUT2D eigenvalue weighted by Crippen LogP contribution is -2.56. The largest absolute Gasteiger partial charge is 0.493 e. The van der Waals surface area contributed by atoms with Crippen LogP contribution in [0.2, 0.25) is 0 Å². The van der Waals surface area contributed by atoms with Crippen molar-refractivity contribution in [2.24, 2.45) is 23.2 Å². The van der Waals surface area contributed by atoms with Gasteiger partial charge in [0.05, 0.1) is 32.7 Å². The topological polar surface area (TPSA) is 68.3 Å². The summed E-state index contributed by atoms with van der Waals surface area (Å²) in [6, 6.07) is 8.01. The first-order valence-electron chi connectivity index (χ1n) is 15.1. The van der Waals surface area contributed by atoms with E-state index in [2.05, 4.69) is 18.4 Å². The molecular formula is C33H46N2O5S. The van der Waals surface area contributed by atoms with Crippen LogP contribution in [-0.4, -0.2) is 69.2 Å². The number of nitrogens with zero attached hydrogens (tertiary/aromatic N) is 2. The number of hydrogen-bond donors (Lipinski definition) is 0. The Kier molecular flexibility index (Phi) is 9.59. The minimum Gasteiger partial charge on any atom is -0.493 e. The molecule has 4 fully saturated rings. The number of carbonyl (C=O) groups excluding carboxylic acids is 2. The van der Waals surface area contributed by atoms with Gasteiger partial charge in [-0.2, -0.15) is 0 Å². The van der Waals surface area contributed by atoms with Gasteiger partial charge in [-0.15, -0.1) is 11.3 Å². The lowest BCUT2D eigenvalue weighted by atomic mass is 9.49. The highest BCUT2D eigenvalue weighted by Gasteiger charge is 2.55. The molecule has 6 rings (SSSR count). The van der Waals surface area contributed by atoms with E-state index in [9.17, 15) is 9.59 Å². The summed E-state index contributed by atoms with van der Waals surface area (Å²) < 4.78 is 16.2. The lowest BCUT2D eigenvalue weighted by molar-refractivity contribution is -0.160. The predicted molar refractivity (Wildman–Crippen MR) is 161 cm³/mol. The van der Waals surface area contributed by atoms with Gasteiger partial charge >= 0.3 is 0 Å². The Morgan fingerprint density at radius 1 is 0.927 bits per heavy atom. The molecule has 0 atom stereocenters. The number of aryl methyl sites for hydroxylation is 1. The molecule has 4 saturated carbocycles. The van der Waals surface area contributed by atoms with E-state index in [0.29, 0.717) is 61.9 Å². The maximum Gasteiger partial charge on any atom is 0.242 e. The van der Waals surface area contributed by atoms with Gasteiger partial charge in [-0.1, -0.05) is 6.07 Å². The van der Waals surface area contributed by atoms with E-state index in [-0.39, 0.29) is 23.8 Å². The normalized spacial score (nSPS) is 24.3. The van der Waals surface area contributed by atoms with Gasteiger partial charge in [0.25, 0.3) is 0 Å². The molecule has 1 heterocycles. The molecule has 4 aliphatic rings. The van der Waals surface area contributed by atoms with Gasteiger partial charge in [-0.3, -0.25) is 9.59 Å². The van der Waals surface area contributed by atoms with Crippen LogP contribution in [0.15, 0.2) is 29.6 Å². The van der Waals surface area contributed by atoms with Crippen LogP contribution in [-0.2, 0) is 27.3 Å². The number of rotatable bonds is 14. The number of thiophene rings is 1. The Hall–Kier alpha value is -2.58. The molecule has 7 nitrogen and oxygen atoms in total. The van der Waals surface area contributed by atoms with Crippen molar-refractivity contribution in [3.63, 3.8) is 0 Å². The fourth-order valence-electron chi connectivity index (χ4n) is 7.95. The highest BCUT2D eigenvalue weighted by molar-refractivity contribution is 7.10. The third-order valence-corrected chi connectivity index (χ3v) is 10.7. The van der Waals surface area contributed by atoms with Crippen LogP contribution in [0, 0.1) is 30.1 Å². The molecule has 8 heteroatoms. The van der Waals surface area contributed by atoms with Gasteiger partial charge in [-0.05, 0) is 111 Å². The van der Waals surface area contributed by atoms with Crippen molar-refractivity contribution in [1.29, 1.82) is 0 Å². The maximum atomic E-state index is 14.3. The summed E-state index contributed by atoms with van der Waals surface area (Å²) in [6.07, 6.45) is 8.30. The monoisotopic (exact) mass is 582 g/mol. The molecule has 4 bridgehead atoms. The molecule has 0 saturated heterocycles. The average Bonchev–Trinajstić information content (AvgIpc) is 3.37. The molecule has 2 amide bonds. The zero-order chi connectivity index (χ0) is 29.0. The second kappa shape index (κ2) is 13.2. The van der Waals surface area contributed by atoms with Crippen molar-refractivity contribution >= 4 is 23.2 Å². The third kappa shape index (κ3) is 6.75. The van der Waals surface area contributed by atoms with E-state index in [1.54, 1.807) is 32.7 Å². The fraction of sp³-hybridized carbons (Fsp3) is 0.636. The first-order valence-corrected chi connectivity index (χ1v) is 16.0. The molecule has 1 aromatic carbocycles. The van der Waals surface area contributed by atoms with Crippen LogP contribution in [0.3, 0.4) is 0 Å². The quantitative estimate of drug-likeness (QED) is 0.266. The van der Waals surface area contributed by atoms with E-state index >= 15 is 0 Å². The van der Waals surface area contributed by atoms with Gasteiger partial charge in [0, 0.05) is 31.7 Å². The summed E-state index contributed by atoms with van der Waals surface area (Å²) in [5, 5.41) is 2.08. The van der Waals surface area contributed by atoms with Crippen LogP contribution >= 0.6 is 11.3 Å². The van der Waals surface area contributed by atoms with Crippen LogP contribution in [0.4, 0.5) is 0 Å². The smallest absolute Gasteiger partial charge is 0.242 e. The molecule has 4 aliphatic carbocycles. The molecule has 2 aromatic rings. The fourth-order valence-corrected chi connectivity index (χ4v) is 8.88. The van der Waals surface area contributed by atoms with Gasteiger partial charge < -0.3 is 24.0 Å². The summed E-state index contributed by atoms with van der Waals surface area (Å²) in [6.45, 7) is 4.46. The second-order valence-electron chi connectivity index (χ2n) is 12.6. The number of ether oxygens (including phenoxy) is 3. The number of benzene rings is 1. The summed E-state index contributed by atoms with van der Waals surface area (Å²) >= 11 is 1.68. The van der Waals surface area contributed by atoms with Gasteiger partial charge in [0.2, 0.25) is 11.8 Å². The number of carbonyl (C=O) groups is 2. The van der Waals surface area contributed by atoms with Crippen molar-refractivity contribution in [3.05, 3.63) is 45.6 Å². The molecule has 41 heavy (non-hydrogen) atoms. The molecule has 0 radical (unpaired) electrons. The first-order chi connectivity index (χ1) is 19.8. The Balaban J connectivity index is 1.33. The lowest BCUT2D eigenvalue weighted by Gasteiger charge is -2.56. The van der Waals surface area contributed by atoms with E-state index in [1.165, 1.54) is 29.7 Å². The second-order valence-corrected chi connectivity index (χ2v) is 13.6. The zero-order valence-corrected chi connectivity index (χ0v) is 26.0. The summed E-state index contributed by atoms with van der Waals surface area (Å²) in [4.78, 5) is 33.4. The predicted octanol–water partition coefficient (Wildman–Crippen LogP) is 5.73. The maximum absolute atomic E-state index is 14.3. The van der Waals surface area contributed by atoms with Crippen LogP contribution in [0.1, 0.15) is 60.9 Å². The molecule has 224 valence electrons. The highest BCUT2D eigenvalue weighted by atomic mass is 32.1. The first kappa shape index (κ1) is 29.9. The molecular weight excluding hydrogens is 536 g/mol.